The standard InChI is InChI=1S/C16H26N2O2S/c1-13(2)14-7-6-8-15(11-14)18-10-9-17(21(5,19)20)12-16(18,3)4/h6-8,11,13H,9-10,12H2,1-5H3. The van der Waals surface area contributed by atoms with E-state index in [9.17, 15) is 8.42 Å². The minimum Gasteiger partial charge on any atom is -0.364 e. The molecule has 1 aromatic carbocycles. The Balaban J connectivity index is 2.28. The van der Waals surface area contributed by atoms with Gasteiger partial charge in [-0.15, -0.1) is 0 Å². The monoisotopic (exact) mass is 310 g/mol. The van der Waals surface area contributed by atoms with Crippen molar-refractivity contribution in [2.75, 3.05) is 30.8 Å². The summed E-state index contributed by atoms with van der Waals surface area (Å²) >= 11 is 0. The first-order valence-electron chi connectivity index (χ1n) is 7.44. The van der Waals surface area contributed by atoms with Gasteiger partial charge in [-0.1, -0.05) is 26.0 Å². The van der Waals surface area contributed by atoms with Crippen LogP contribution < -0.4 is 4.90 Å². The van der Waals surface area contributed by atoms with Gasteiger partial charge in [0.15, 0.2) is 0 Å². The van der Waals surface area contributed by atoms with Gasteiger partial charge >= 0.3 is 0 Å². The van der Waals surface area contributed by atoms with Crippen LogP contribution in [0.15, 0.2) is 24.3 Å². The fourth-order valence-electron chi connectivity index (χ4n) is 2.92. The molecule has 0 unspecified atom stereocenters. The second-order valence-corrected chi connectivity index (χ2v) is 8.79. The number of hydrogen-bond donors (Lipinski definition) is 0. The molecule has 5 heteroatoms. The molecule has 0 spiro atoms. The molecule has 1 heterocycles. The smallest absolute Gasteiger partial charge is 0.211 e. The number of nitrogens with zero attached hydrogens (tertiary/aromatic N) is 2. The first kappa shape index (κ1) is 16.3. The maximum atomic E-state index is 11.8. The van der Waals surface area contributed by atoms with Gasteiger partial charge in [-0.2, -0.15) is 4.31 Å². The van der Waals surface area contributed by atoms with Crippen LogP contribution in [0.2, 0.25) is 0 Å². The van der Waals surface area contributed by atoms with Crippen LogP contribution in [0.25, 0.3) is 0 Å². The van der Waals surface area contributed by atoms with Crippen molar-refractivity contribution in [3.05, 3.63) is 29.8 Å². The van der Waals surface area contributed by atoms with Gasteiger partial charge in [0.1, 0.15) is 0 Å². The lowest BCUT2D eigenvalue weighted by Crippen LogP contribution is -2.60. The van der Waals surface area contributed by atoms with Gasteiger partial charge in [-0.05, 0) is 37.5 Å². The van der Waals surface area contributed by atoms with Crippen LogP contribution in [0.5, 0.6) is 0 Å². The molecule has 2 rings (SSSR count). The van der Waals surface area contributed by atoms with E-state index in [0.29, 0.717) is 19.0 Å². The van der Waals surface area contributed by atoms with Crippen molar-refractivity contribution in [1.29, 1.82) is 0 Å². The summed E-state index contributed by atoms with van der Waals surface area (Å²) in [5.41, 5.74) is 2.28. The summed E-state index contributed by atoms with van der Waals surface area (Å²) in [5.74, 6) is 0.491. The lowest BCUT2D eigenvalue weighted by molar-refractivity contribution is 0.275. The third-order valence-corrected chi connectivity index (χ3v) is 5.43. The first-order chi connectivity index (χ1) is 9.61. The average Bonchev–Trinajstić information content (AvgIpc) is 2.36. The van der Waals surface area contributed by atoms with Crippen LogP contribution in [0.3, 0.4) is 0 Å². The number of rotatable bonds is 3. The SMILES string of the molecule is CC(C)c1cccc(N2CCN(S(C)(=O)=O)CC2(C)C)c1. The van der Waals surface area contributed by atoms with Crippen LogP contribution in [-0.2, 0) is 10.0 Å². The van der Waals surface area contributed by atoms with E-state index in [1.807, 2.05) is 0 Å². The summed E-state index contributed by atoms with van der Waals surface area (Å²) < 4.78 is 25.1. The molecule has 0 aliphatic carbocycles. The molecule has 0 amide bonds. The number of anilines is 1. The molecule has 0 N–H and O–H groups in total. The van der Waals surface area contributed by atoms with Crippen molar-refractivity contribution in [2.24, 2.45) is 0 Å². The largest absolute Gasteiger partial charge is 0.364 e. The summed E-state index contributed by atoms with van der Waals surface area (Å²) in [6.07, 6.45) is 1.29. The van der Waals surface area contributed by atoms with Gasteiger partial charge in [0, 0.05) is 30.9 Å². The zero-order valence-corrected chi connectivity index (χ0v) is 14.4. The maximum absolute atomic E-state index is 11.8. The molecule has 118 valence electrons. The molecule has 4 nitrogen and oxygen atoms in total. The number of sulfonamides is 1. The molecule has 0 atom stereocenters. The van der Waals surface area contributed by atoms with Gasteiger partial charge in [-0.3, -0.25) is 0 Å². The molecule has 1 aliphatic heterocycles. The normalized spacial score (nSPS) is 20.0. The van der Waals surface area contributed by atoms with Crippen molar-refractivity contribution in [3.8, 4) is 0 Å². The topological polar surface area (TPSA) is 40.6 Å². The van der Waals surface area contributed by atoms with Crippen molar-refractivity contribution in [3.63, 3.8) is 0 Å². The lowest BCUT2D eigenvalue weighted by Gasteiger charge is -2.47. The van der Waals surface area contributed by atoms with Crippen LogP contribution in [0.1, 0.15) is 39.2 Å². The Kier molecular flexibility index (Phi) is 4.36. The minimum atomic E-state index is -3.12. The fourth-order valence-corrected chi connectivity index (χ4v) is 3.89. The van der Waals surface area contributed by atoms with E-state index in [2.05, 4.69) is 56.9 Å². The Bertz CT molecular complexity index is 608. The Labute approximate surface area is 128 Å². The number of hydrogen-bond acceptors (Lipinski definition) is 3. The molecule has 1 aliphatic rings. The molecule has 0 bridgehead atoms. The molecular weight excluding hydrogens is 284 g/mol. The average molecular weight is 310 g/mol. The molecule has 21 heavy (non-hydrogen) atoms. The van der Waals surface area contributed by atoms with E-state index < -0.39 is 10.0 Å². The van der Waals surface area contributed by atoms with E-state index in [4.69, 9.17) is 0 Å². The summed E-state index contributed by atoms with van der Waals surface area (Å²) in [6.45, 7) is 10.4. The fraction of sp³-hybridized carbons (Fsp3) is 0.625. The maximum Gasteiger partial charge on any atom is 0.211 e. The van der Waals surface area contributed by atoms with E-state index in [0.717, 1.165) is 6.54 Å². The number of benzene rings is 1. The molecule has 0 saturated carbocycles. The summed E-state index contributed by atoms with van der Waals surface area (Å²) in [7, 11) is -3.12. The van der Waals surface area contributed by atoms with Crippen molar-refractivity contribution in [1.82, 2.24) is 4.31 Å². The lowest BCUT2D eigenvalue weighted by atomic mass is 9.97. The molecule has 1 saturated heterocycles. The predicted molar refractivity (Wildman–Crippen MR) is 88.4 cm³/mol. The first-order valence-corrected chi connectivity index (χ1v) is 9.29. The van der Waals surface area contributed by atoms with Crippen molar-refractivity contribution < 1.29 is 8.42 Å². The Hall–Kier alpha value is -1.07. The van der Waals surface area contributed by atoms with E-state index >= 15 is 0 Å². The molecule has 0 radical (unpaired) electrons. The van der Waals surface area contributed by atoms with Gasteiger partial charge in [0.2, 0.25) is 10.0 Å². The highest BCUT2D eigenvalue weighted by molar-refractivity contribution is 7.88. The third kappa shape index (κ3) is 3.58. The van der Waals surface area contributed by atoms with Crippen LogP contribution >= 0.6 is 0 Å². The van der Waals surface area contributed by atoms with Crippen molar-refractivity contribution in [2.45, 2.75) is 39.2 Å². The van der Waals surface area contributed by atoms with Crippen LogP contribution in [0, 0.1) is 0 Å². The van der Waals surface area contributed by atoms with Gasteiger partial charge in [0.05, 0.1) is 6.26 Å². The van der Waals surface area contributed by atoms with Crippen LogP contribution in [-0.4, -0.2) is 44.2 Å². The molecule has 1 aromatic rings. The van der Waals surface area contributed by atoms with Crippen molar-refractivity contribution >= 4 is 15.7 Å². The summed E-state index contributed by atoms with van der Waals surface area (Å²) in [6, 6.07) is 8.57. The highest BCUT2D eigenvalue weighted by Gasteiger charge is 2.37. The van der Waals surface area contributed by atoms with E-state index in [-0.39, 0.29) is 5.54 Å². The quantitative estimate of drug-likeness (QED) is 0.862. The summed E-state index contributed by atoms with van der Waals surface area (Å²) in [5, 5.41) is 0. The van der Waals surface area contributed by atoms with Gasteiger partial charge in [-0.25, -0.2) is 8.42 Å². The molecular formula is C16H26N2O2S. The molecule has 0 aromatic heterocycles. The predicted octanol–water partition coefficient (Wildman–Crippen LogP) is 2.67. The van der Waals surface area contributed by atoms with Gasteiger partial charge in [0.25, 0.3) is 0 Å². The Morgan fingerprint density at radius 2 is 1.86 bits per heavy atom. The zero-order valence-electron chi connectivity index (χ0n) is 13.6. The molecule has 1 fully saturated rings. The van der Waals surface area contributed by atoms with Crippen LogP contribution in [0.4, 0.5) is 5.69 Å². The minimum absolute atomic E-state index is 0.211. The van der Waals surface area contributed by atoms with E-state index in [1.165, 1.54) is 17.5 Å². The van der Waals surface area contributed by atoms with E-state index in [1.54, 1.807) is 4.31 Å². The number of piperazine rings is 1. The highest BCUT2D eigenvalue weighted by Crippen LogP contribution is 2.30. The third-order valence-electron chi connectivity index (χ3n) is 4.18. The summed E-state index contributed by atoms with van der Waals surface area (Å²) in [4.78, 5) is 2.32. The van der Waals surface area contributed by atoms with Gasteiger partial charge < -0.3 is 4.90 Å². The highest BCUT2D eigenvalue weighted by atomic mass is 32.2. The zero-order chi connectivity index (χ0) is 15.8. The second-order valence-electron chi connectivity index (χ2n) is 6.81. The Morgan fingerprint density at radius 3 is 2.38 bits per heavy atom. The Morgan fingerprint density at radius 1 is 1.19 bits per heavy atom. The second kappa shape index (κ2) is 5.61.